The lowest BCUT2D eigenvalue weighted by molar-refractivity contribution is -0.0381. The highest BCUT2D eigenvalue weighted by Gasteiger charge is 2.02. The maximum atomic E-state index is 8.75. The van der Waals surface area contributed by atoms with Gasteiger partial charge in [0.1, 0.15) is 5.58 Å². The van der Waals surface area contributed by atoms with E-state index in [2.05, 4.69) is 0 Å². The molecule has 68 valence electrons. The van der Waals surface area contributed by atoms with Gasteiger partial charge in [0.15, 0.2) is 6.29 Å². The van der Waals surface area contributed by atoms with Crippen LogP contribution in [0.2, 0.25) is 0 Å². The van der Waals surface area contributed by atoms with Crippen molar-refractivity contribution in [3.05, 3.63) is 36.1 Å². The van der Waals surface area contributed by atoms with E-state index in [0.717, 1.165) is 16.5 Å². The van der Waals surface area contributed by atoms with Crippen molar-refractivity contribution in [3.63, 3.8) is 0 Å². The summed E-state index contributed by atoms with van der Waals surface area (Å²) in [6, 6.07) is 7.44. The summed E-state index contributed by atoms with van der Waals surface area (Å²) in [6.45, 7) is 0. The number of aliphatic hydroxyl groups excluding tert-OH is 1. The lowest BCUT2D eigenvalue weighted by atomic mass is 10.1. The van der Waals surface area contributed by atoms with Crippen molar-refractivity contribution in [2.24, 2.45) is 0 Å². The van der Waals surface area contributed by atoms with Crippen LogP contribution >= 0.6 is 0 Å². The number of hydrogen-bond acceptors (Lipinski definition) is 3. The van der Waals surface area contributed by atoms with Crippen molar-refractivity contribution in [2.75, 3.05) is 0 Å². The third kappa shape index (κ3) is 1.71. The first-order valence-electron chi connectivity index (χ1n) is 4.08. The van der Waals surface area contributed by atoms with Gasteiger partial charge in [-0.1, -0.05) is 12.1 Å². The Morgan fingerprint density at radius 2 is 2.08 bits per heavy atom. The summed E-state index contributed by atoms with van der Waals surface area (Å²) in [4.78, 5) is 0. The first-order valence-corrected chi connectivity index (χ1v) is 4.08. The van der Waals surface area contributed by atoms with E-state index in [9.17, 15) is 0 Å². The average molecular weight is 178 g/mol. The van der Waals surface area contributed by atoms with Crippen LogP contribution in [0.5, 0.6) is 0 Å². The Kier molecular flexibility index (Phi) is 2.04. The number of benzene rings is 1. The van der Waals surface area contributed by atoms with Gasteiger partial charge in [0, 0.05) is 11.8 Å². The van der Waals surface area contributed by atoms with Gasteiger partial charge in [-0.2, -0.15) is 0 Å². The van der Waals surface area contributed by atoms with Crippen molar-refractivity contribution < 1.29 is 14.6 Å². The van der Waals surface area contributed by atoms with Gasteiger partial charge in [-0.05, 0) is 17.7 Å². The lowest BCUT2D eigenvalue weighted by Crippen LogP contribution is -2.07. The molecule has 0 unspecified atom stereocenters. The van der Waals surface area contributed by atoms with E-state index in [4.69, 9.17) is 14.6 Å². The van der Waals surface area contributed by atoms with Crippen LogP contribution in [-0.4, -0.2) is 16.5 Å². The van der Waals surface area contributed by atoms with E-state index in [1.165, 1.54) is 0 Å². The Morgan fingerprint density at radius 3 is 2.85 bits per heavy atom. The SMILES string of the molecule is OC(O)Cc1ccc2ccoc2c1. The fourth-order valence-corrected chi connectivity index (χ4v) is 1.34. The van der Waals surface area contributed by atoms with E-state index >= 15 is 0 Å². The fraction of sp³-hybridized carbons (Fsp3) is 0.200. The largest absolute Gasteiger partial charge is 0.464 e. The molecular weight excluding hydrogens is 168 g/mol. The summed E-state index contributed by atoms with van der Waals surface area (Å²) in [6.07, 6.45) is 0.549. The van der Waals surface area contributed by atoms with Gasteiger partial charge < -0.3 is 14.6 Å². The molecular formula is C10H10O3. The zero-order chi connectivity index (χ0) is 9.26. The molecule has 13 heavy (non-hydrogen) atoms. The summed E-state index contributed by atoms with van der Waals surface area (Å²) in [5.41, 5.74) is 1.63. The Bertz CT molecular complexity index is 403. The van der Waals surface area contributed by atoms with Crippen LogP contribution in [0.15, 0.2) is 34.9 Å². The summed E-state index contributed by atoms with van der Waals surface area (Å²) < 4.78 is 5.18. The summed E-state index contributed by atoms with van der Waals surface area (Å²) in [7, 11) is 0. The molecule has 0 saturated heterocycles. The van der Waals surface area contributed by atoms with Crippen LogP contribution in [0.4, 0.5) is 0 Å². The molecule has 1 aromatic carbocycles. The second-order valence-corrected chi connectivity index (χ2v) is 2.98. The monoisotopic (exact) mass is 178 g/mol. The summed E-state index contributed by atoms with van der Waals surface area (Å²) in [5, 5.41) is 18.5. The molecule has 0 saturated carbocycles. The van der Waals surface area contributed by atoms with Gasteiger partial charge in [-0.25, -0.2) is 0 Å². The number of aliphatic hydroxyl groups is 2. The quantitative estimate of drug-likeness (QED) is 0.681. The smallest absolute Gasteiger partial charge is 0.155 e. The first kappa shape index (κ1) is 8.29. The molecule has 0 radical (unpaired) electrons. The zero-order valence-electron chi connectivity index (χ0n) is 6.97. The van der Waals surface area contributed by atoms with Crippen LogP contribution in [0.1, 0.15) is 5.56 Å². The van der Waals surface area contributed by atoms with Crippen molar-refractivity contribution in [1.82, 2.24) is 0 Å². The molecule has 3 heteroatoms. The van der Waals surface area contributed by atoms with Crippen molar-refractivity contribution >= 4 is 11.0 Å². The van der Waals surface area contributed by atoms with E-state index in [-0.39, 0.29) is 6.42 Å². The van der Waals surface area contributed by atoms with Crippen LogP contribution in [0.25, 0.3) is 11.0 Å². The topological polar surface area (TPSA) is 53.6 Å². The molecule has 0 fully saturated rings. The van der Waals surface area contributed by atoms with Crippen LogP contribution in [0, 0.1) is 0 Å². The molecule has 2 rings (SSSR count). The Labute approximate surface area is 75.2 Å². The van der Waals surface area contributed by atoms with Crippen LogP contribution in [0.3, 0.4) is 0 Å². The highest BCUT2D eigenvalue weighted by atomic mass is 16.5. The van der Waals surface area contributed by atoms with Crippen LogP contribution < -0.4 is 0 Å². The molecule has 2 aromatic rings. The standard InChI is InChI=1S/C10H10O3/c11-10(12)6-7-1-2-8-3-4-13-9(8)5-7/h1-5,10-12H,6H2. The number of fused-ring (bicyclic) bond motifs is 1. The van der Waals surface area contributed by atoms with Crippen LogP contribution in [-0.2, 0) is 6.42 Å². The van der Waals surface area contributed by atoms with E-state index < -0.39 is 6.29 Å². The van der Waals surface area contributed by atoms with Gasteiger partial charge in [0.2, 0.25) is 0 Å². The third-order valence-corrected chi connectivity index (χ3v) is 1.94. The van der Waals surface area contributed by atoms with Crippen molar-refractivity contribution in [1.29, 1.82) is 0 Å². The van der Waals surface area contributed by atoms with Gasteiger partial charge in [0.05, 0.1) is 6.26 Å². The lowest BCUT2D eigenvalue weighted by Gasteiger charge is -2.02. The van der Waals surface area contributed by atoms with E-state index in [1.807, 2.05) is 24.3 Å². The number of hydrogen-bond donors (Lipinski definition) is 2. The molecule has 0 bridgehead atoms. The highest BCUT2D eigenvalue weighted by Crippen LogP contribution is 2.17. The molecule has 0 aliphatic rings. The maximum absolute atomic E-state index is 8.75. The second-order valence-electron chi connectivity index (χ2n) is 2.98. The molecule has 1 aromatic heterocycles. The predicted molar refractivity (Wildman–Crippen MR) is 48.1 cm³/mol. The summed E-state index contributed by atoms with van der Waals surface area (Å²) in [5.74, 6) is 0. The minimum atomic E-state index is -1.30. The van der Waals surface area contributed by atoms with Gasteiger partial charge in [0.25, 0.3) is 0 Å². The van der Waals surface area contributed by atoms with Crippen molar-refractivity contribution in [3.8, 4) is 0 Å². The molecule has 1 heterocycles. The molecule has 0 spiro atoms. The summed E-state index contributed by atoms with van der Waals surface area (Å²) >= 11 is 0. The Hall–Kier alpha value is -1.32. The molecule has 0 atom stereocenters. The molecule has 0 amide bonds. The van der Waals surface area contributed by atoms with Crippen molar-refractivity contribution in [2.45, 2.75) is 12.7 Å². The highest BCUT2D eigenvalue weighted by molar-refractivity contribution is 5.77. The maximum Gasteiger partial charge on any atom is 0.155 e. The minimum absolute atomic E-state index is 0.233. The molecule has 3 nitrogen and oxygen atoms in total. The molecule has 2 N–H and O–H groups in total. The van der Waals surface area contributed by atoms with E-state index in [1.54, 1.807) is 6.26 Å². The second kappa shape index (κ2) is 3.20. The fourth-order valence-electron chi connectivity index (χ4n) is 1.34. The third-order valence-electron chi connectivity index (χ3n) is 1.94. The molecule has 0 aliphatic heterocycles. The van der Waals surface area contributed by atoms with E-state index in [0.29, 0.717) is 0 Å². The minimum Gasteiger partial charge on any atom is -0.464 e. The number of rotatable bonds is 2. The number of furan rings is 1. The van der Waals surface area contributed by atoms with Gasteiger partial charge in [-0.15, -0.1) is 0 Å². The van der Waals surface area contributed by atoms with Gasteiger partial charge in [-0.3, -0.25) is 0 Å². The first-order chi connectivity index (χ1) is 6.25. The predicted octanol–water partition coefficient (Wildman–Crippen LogP) is 1.29. The van der Waals surface area contributed by atoms with Gasteiger partial charge >= 0.3 is 0 Å². The molecule has 0 aliphatic carbocycles. The Morgan fingerprint density at radius 1 is 1.23 bits per heavy atom. The zero-order valence-corrected chi connectivity index (χ0v) is 6.97. The Balaban J connectivity index is 2.37. The average Bonchev–Trinajstić information content (AvgIpc) is 2.49. The normalized spacial score (nSPS) is 11.3.